The van der Waals surface area contributed by atoms with E-state index in [0.717, 1.165) is 24.6 Å². The van der Waals surface area contributed by atoms with Gasteiger partial charge in [0.05, 0.1) is 6.61 Å². The second kappa shape index (κ2) is 14.1. The number of ether oxygens (including phenoxy) is 1. The number of guanidine groups is 1. The van der Waals surface area contributed by atoms with Gasteiger partial charge in [0.1, 0.15) is 6.61 Å². The highest BCUT2D eigenvalue weighted by molar-refractivity contribution is 14.0. The van der Waals surface area contributed by atoms with Crippen molar-refractivity contribution in [3.05, 3.63) is 35.4 Å². The molecule has 1 aromatic carbocycles. The monoisotopic (exact) mass is 542 g/mol. The fourth-order valence-corrected chi connectivity index (χ4v) is 3.36. The summed E-state index contributed by atoms with van der Waals surface area (Å²) in [6, 6.07) is 7.33. The van der Waals surface area contributed by atoms with Crippen molar-refractivity contribution in [1.82, 2.24) is 15.5 Å². The van der Waals surface area contributed by atoms with E-state index in [1.807, 2.05) is 12.1 Å². The van der Waals surface area contributed by atoms with Crippen LogP contribution in [0.3, 0.4) is 0 Å². The molecule has 1 aliphatic rings. The Morgan fingerprint density at radius 1 is 1.10 bits per heavy atom. The predicted molar refractivity (Wildman–Crippen MR) is 125 cm³/mol. The molecule has 0 saturated carbocycles. The maximum absolute atomic E-state index is 12.1. The van der Waals surface area contributed by atoms with Gasteiger partial charge in [-0.25, -0.2) is 0 Å². The lowest BCUT2D eigenvalue weighted by molar-refractivity contribution is -0.176. The van der Waals surface area contributed by atoms with Crippen LogP contribution in [0.25, 0.3) is 0 Å². The zero-order valence-electron chi connectivity index (χ0n) is 17.8. The van der Waals surface area contributed by atoms with Crippen molar-refractivity contribution in [2.75, 3.05) is 39.8 Å². The fourth-order valence-electron chi connectivity index (χ4n) is 3.36. The third-order valence-electron chi connectivity index (χ3n) is 4.88. The van der Waals surface area contributed by atoms with Crippen LogP contribution >= 0.6 is 24.0 Å². The van der Waals surface area contributed by atoms with Crippen LogP contribution in [0.2, 0.25) is 0 Å². The zero-order valence-corrected chi connectivity index (χ0v) is 20.1. The van der Waals surface area contributed by atoms with Gasteiger partial charge >= 0.3 is 6.18 Å². The van der Waals surface area contributed by atoms with Crippen LogP contribution in [0.1, 0.15) is 37.3 Å². The quantitative estimate of drug-likeness (QED) is 0.280. The Bertz CT molecular complexity index is 620. The second-order valence-corrected chi connectivity index (χ2v) is 7.70. The molecule has 0 radical (unpaired) electrons. The fraction of sp³-hybridized carbons (Fsp3) is 0.667. The van der Waals surface area contributed by atoms with Crippen LogP contribution in [0.5, 0.6) is 0 Å². The summed E-state index contributed by atoms with van der Waals surface area (Å²) in [4.78, 5) is 6.79. The highest BCUT2D eigenvalue weighted by atomic mass is 127. The number of benzene rings is 1. The van der Waals surface area contributed by atoms with E-state index in [9.17, 15) is 13.2 Å². The lowest BCUT2D eigenvalue weighted by Gasteiger charge is -2.29. The van der Waals surface area contributed by atoms with E-state index in [1.165, 1.54) is 32.4 Å². The molecule has 0 spiro atoms. The molecular weight excluding hydrogens is 508 g/mol. The average Bonchev–Trinajstić information content (AvgIpc) is 2.69. The third-order valence-corrected chi connectivity index (χ3v) is 4.88. The number of halogens is 4. The minimum Gasteiger partial charge on any atom is -0.367 e. The Labute approximate surface area is 194 Å². The van der Waals surface area contributed by atoms with Crippen molar-refractivity contribution < 1.29 is 17.9 Å². The molecule has 172 valence electrons. The first-order valence-corrected chi connectivity index (χ1v) is 10.2. The summed E-state index contributed by atoms with van der Waals surface area (Å²) >= 11 is 0. The Morgan fingerprint density at radius 3 is 2.33 bits per heavy atom. The summed E-state index contributed by atoms with van der Waals surface area (Å²) in [5, 5.41) is 6.64. The van der Waals surface area contributed by atoms with Crippen molar-refractivity contribution in [2.45, 2.75) is 45.5 Å². The van der Waals surface area contributed by atoms with E-state index < -0.39 is 12.8 Å². The van der Waals surface area contributed by atoms with Gasteiger partial charge in [-0.15, -0.1) is 24.0 Å². The van der Waals surface area contributed by atoms with E-state index in [1.54, 1.807) is 19.2 Å². The summed E-state index contributed by atoms with van der Waals surface area (Å²) in [6.45, 7) is 5.91. The van der Waals surface area contributed by atoms with Gasteiger partial charge in [-0.05, 0) is 43.0 Å². The lowest BCUT2D eigenvalue weighted by atomic mass is 10.1. The van der Waals surface area contributed by atoms with E-state index in [-0.39, 0.29) is 30.6 Å². The zero-order chi connectivity index (χ0) is 21.1. The Hall–Kier alpha value is -1.07. The smallest absolute Gasteiger partial charge is 0.367 e. The number of hydrogen-bond acceptors (Lipinski definition) is 3. The Balaban J connectivity index is 0.00000450. The second-order valence-electron chi connectivity index (χ2n) is 7.70. The molecule has 1 fully saturated rings. The van der Waals surface area contributed by atoms with Crippen LogP contribution < -0.4 is 10.6 Å². The molecule has 9 heteroatoms. The molecule has 1 aromatic rings. The van der Waals surface area contributed by atoms with Crippen molar-refractivity contribution in [1.29, 1.82) is 0 Å². The summed E-state index contributed by atoms with van der Waals surface area (Å²) in [6.07, 6.45) is -0.341. The molecule has 1 atom stereocenters. The number of piperidine rings is 1. The highest BCUT2D eigenvalue weighted by Crippen LogP contribution is 2.16. The van der Waals surface area contributed by atoms with E-state index in [0.29, 0.717) is 18.0 Å². The van der Waals surface area contributed by atoms with Crippen molar-refractivity contribution in [3.8, 4) is 0 Å². The molecule has 0 amide bonds. The standard InChI is InChI=1S/C21H33F3N4O.HI/c1-17(14-28-10-4-3-5-11-28)12-26-20(25-2)27-13-18-6-8-19(9-7-18)15-29-16-21(22,23)24;/h6-9,17H,3-5,10-16H2,1-2H3,(H2,25,26,27);1H. The normalized spacial score (nSPS) is 16.6. The van der Waals surface area contributed by atoms with Crippen LogP contribution in [0.15, 0.2) is 29.3 Å². The number of nitrogens with zero attached hydrogens (tertiary/aromatic N) is 2. The van der Waals surface area contributed by atoms with E-state index in [4.69, 9.17) is 0 Å². The van der Waals surface area contributed by atoms with Crippen LogP contribution in [0, 0.1) is 5.92 Å². The van der Waals surface area contributed by atoms with Crippen molar-refractivity contribution in [3.63, 3.8) is 0 Å². The van der Waals surface area contributed by atoms with Crippen LogP contribution in [0.4, 0.5) is 13.2 Å². The predicted octanol–water partition coefficient (Wildman–Crippen LogP) is 4.17. The number of hydrogen-bond donors (Lipinski definition) is 2. The first kappa shape index (κ1) is 27.0. The molecule has 1 saturated heterocycles. The van der Waals surface area contributed by atoms with Gasteiger partial charge in [0, 0.05) is 26.7 Å². The van der Waals surface area contributed by atoms with Gasteiger partial charge in [-0.2, -0.15) is 13.2 Å². The molecule has 2 N–H and O–H groups in total. The number of alkyl halides is 3. The largest absolute Gasteiger partial charge is 0.411 e. The number of rotatable bonds is 9. The number of aliphatic imine (C=N–C) groups is 1. The SMILES string of the molecule is CN=C(NCc1ccc(COCC(F)(F)F)cc1)NCC(C)CN1CCCCC1.I. The summed E-state index contributed by atoms with van der Waals surface area (Å²) in [5.41, 5.74) is 1.74. The first-order valence-electron chi connectivity index (χ1n) is 10.2. The van der Waals surface area contributed by atoms with Gasteiger partial charge in [0.25, 0.3) is 0 Å². The van der Waals surface area contributed by atoms with E-state index in [2.05, 4.69) is 32.2 Å². The topological polar surface area (TPSA) is 48.9 Å². The lowest BCUT2D eigenvalue weighted by Crippen LogP contribution is -2.42. The van der Waals surface area contributed by atoms with Gasteiger partial charge in [0.2, 0.25) is 0 Å². The van der Waals surface area contributed by atoms with Crippen molar-refractivity contribution in [2.24, 2.45) is 10.9 Å². The molecule has 0 bridgehead atoms. The van der Waals surface area contributed by atoms with Gasteiger partial charge < -0.3 is 20.3 Å². The van der Waals surface area contributed by atoms with Crippen LogP contribution in [-0.4, -0.2) is 56.9 Å². The summed E-state index contributed by atoms with van der Waals surface area (Å²) in [7, 11) is 1.74. The van der Waals surface area contributed by atoms with Gasteiger partial charge in [-0.3, -0.25) is 4.99 Å². The third kappa shape index (κ3) is 11.4. The number of nitrogens with one attached hydrogen (secondary N) is 2. The summed E-state index contributed by atoms with van der Waals surface area (Å²) < 4.78 is 41.0. The Kier molecular flexibility index (Phi) is 12.7. The van der Waals surface area contributed by atoms with Gasteiger partial charge in [-0.1, -0.05) is 37.6 Å². The minimum atomic E-state index is -4.29. The van der Waals surface area contributed by atoms with Crippen LogP contribution in [-0.2, 0) is 17.9 Å². The summed E-state index contributed by atoms with van der Waals surface area (Å²) in [5.74, 6) is 1.27. The molecule has 0 aliphatic carbocycles. The Morgan fingerprint density at radius 2 is 1.73 bits per heavy atom. The van der Waals surface area contributed by atoms with Crippen molar-refractivity contribution >= 4 is 29.9 Å². The minimum absolute atomic E-state index is 0. The molecule has 1 unspecified atom stereocenters. The molecule has 0 aromatic heterocycles. The maximum Gasteiger partial charge on any atom is 0.411 e. The van der Waals surface area contributed by atoms with E-state index >= 15 is 0 Å². The molecule has 1 aliphatic heterocycles. The maximum atomic E-state index is 12.1. The average molecular weight is 542 g/mol. The molecule has 5 nitrogen and oxygen atoms in total. The molecule has 2 rings (SSSR count). The van der Waals surface area contributed by atoms with Gasteiger partial charge in [0.15, 0.2) is 5.96 Å². The molecule has 30 heavy (non-hydrogen) atoms. The molecular formula is C21H34F3IN4O. The molecule has 1 heterocycles. The highest BCUT2D eigenvalue weighted by Gasteiger charge is 2.27. The first-order chi connectivity index (χ1) is 13.9. The number of likely N-dealkylation sites (tertiary alicyclic amines) is 1.